The molecular formula is C60H93N3O9. The zero-order valence-electron chi connectivity index (χ0n) is 45.1. The lowest BCUT2D eigenvalue weighted by Crippen LogP contribution is -2.46. The van der Waals surface area contributed by atoms with E-state index in [-0.39, 0.29) is 18.3 Å². The van der Waals surface area contributed by atoms with Gasteiger partial charge < -0.3 is 43.7 Å². The smallest absolute Gasteiger partial charge is 0.122 e. The minimum Gasteiger partial charge on any atom is -0.496 e. The van der Waals surface area contributed by atoms with Crippen LogP contribution in [0.2, 0.25) is 0 Å². The minimum atomic E-state index is -0.146. The van der Waals surface area contributed by atoms with Crippen LogP contribution in [-0.4, -0.2) is 165 Å². The zero-order valence-corrected chi connectivity index (χ0v) is 45.1. The molecule has 9 rings (SSSR count). The molecule has 0 aromatic heterocycles. The molecule has 3 aromatic rings. The van der Waals surface area contributed by atoms with Crippen LogP contribution in [0.5, 0.6) is 17.2 Å². The van der Waals surface area contributed by atoms with Crippen LogP contribution in [0.3, 0.4) is 0 Å². The summed E-state index contributed by atoms with van der Waals surface area (Å²) in [4.78, 5) is 7.34. The van der Waals surface area contributed by atoms with Crippen molar-refractivity contribution in [2.45, 2.75) is 191 Å². The van der Waals surface area contributed by atoms with Gasteiger partial charge in [0.1, 0.15) is 17.2 Å². The summed E-state index contributed by atoms with van der Waals surface area (Å²) >= 11 is 0. The Balaban J connectivity index is 0.000000158. The average Bonchev–Trinajstić information content (AvgIpc) is 4.17. The van der Waals surface area contributed by atoms with E-state index in [0.717, 1.165) is 134 Å². The maximum absolute atomic E-state index is 9.82. The number of methoxy groups -OCH3 is 3. The summed E-state index contributed by atoms with van der Waals surface area (Å²) < 4.78 is 35.1. The number of rotatable bonds is 18. The number of likely N-dealkylation sites (tertiary alicyclic amines) is 3. The van der Waals surface area contributed by atoms with Gasteiger partial charge in [-0.25, -0.2) is 0 Å². The Morgan fingerprint density at radius 1 is 0.403 bits per heavy atom. The first kappa shape index (κ1) is 56.4. The Bertz CT molecular complexity index is 1830. The van der Waals surface area contributed by atoms with Gasteiger partial charge in [0.25, 0.3) is 0 Å². The average molecular weight is 1000 g/mol. The normalized spacial score (nSPS) is 28.2. The lowest BCUT2D eigenvalue weighted by molar-refractivity contribution is -0.0317. The highest BCUT2D eigenvalue weighted by Crippen LogP contribution is 2.32. The van der Waals surface area contributed by atoms with Crippen LogP contribution in [-0.2, 0) is 33.5 Å². The number of nitrogens with zero attached hydrogens (tertiary/aromatic N) is 3. The maximum atomic E-state index is 9.82. The molecule has 3 aliphatic carbocycles. The Hall–Kier alpha value is -3.30. The number of aliphatic hydroxyl groups is 3. The maximum Gasteiger partial charge on any atom is 0.122 e. The van der Waals surface area contributed by atoms with Crippen LogP contribution < -0.4 is 14.2 Å². The number of aliphatic hydroxyl groups excluding tert-OH is 3. The van der Waals surface area contributed by atoms with Crippen molar-refractivity contribution < 1.29 is 43.7 Å². The van der Waals surface area contributed by atoms with Gasteiger partial charge in [0.2, 0.25) is 0 Å². The largest absolute Gasteiger partial charge is 0.496 e. The lowest BCUT2D eigenvalue weighted by Gasteiger charge is -2.37. The van der Waals surface area contributed by atoms with E-state index in [4.69, 9.17) is 28.4 Å². The zero-order chi connectivity index (χ0) is 50.8. The van der Waals surface area contributed by atoms with Gasteiger partial charge in [-0.1, -0.05) is 74.9 Å². The molecular weight excluding hydrogens is 907 g/mol. The number of aryl methyl sites for hydroxylation is 3. The Morgan fingerprint density at radius 2 is 0.681 bits per heavy atom. The van der Waals surface area contributed by atoms with Crippen molar-refractivity contribution in [2.24, 2.45) is 0 Å². The molecule has 0 amide bonds. The number of hydrogen-bond acceptors (Lipinski definition) is 12. The first-order valence-corrected chi connectivity index (χ1v) is 28.0. The third-order valence-corrected chi connectivity index (χ3v) is 16.6. The predicted octanol–water partition coefficient (Wildman–Crippen LogP) is 8.82. The number of ether oxygens (including phenoxy) is 6. The van der Waals surface area contributed by atoms with Crippen LogP contribution in [0, 0.1) is 20.8 Å². The molecule has 3 saturated heterocycles. The molecule has 0 spiro atoms. The molecule has 3 aromatic carbocycles. The Labute approximate surface area is 433 Å². The fourth-order valence-electron chi connectivity index (χ4n) is 12.3. The third-order valence-electron chi connectivity index (χ3n) is 16.6. The molecule has 9 atom stereocenters. The van der Waals surface area contributed by atoms with Crippen molar-refractivity contribution in [3.05, 3.63) is 88.0 Å². The molecule has 0 unspecified atom stereocenters. The molecule has 3 N–H and O–H groups in total. The topological polar surface area (TPSA) is 126 Å². The SMILES string of the molecule is COc1cc(CCO[C@@H]2CCCC[C@@H]2N2CC[C@@H](O)C2)ccc1C.COc1cc(CCO[C@@H]2CCCC[C@@H]2N2CC[C@H](O)C2)ccc1C.COc1cc(CCO[C@H]2CCCC[C@H]2N2CC[C@H](O)C2)ccc1C. The van der Waals surface area contributed by atoms with Crippen molar-refractivity contribution in [1.82, 2.24) is 14.7 Å². The van der Waals surface area contributed by atoms with Crippen molar-refractivity contribution in [3.8, 4) is 17.2 Å². The van der Waals surface area contributed by atoms with E-state index in [1.54, 1.807) is 21.3 Å². The summed E-state index contributed by atoms with van der Waals surface area (Å²) in [5.41, 5.74) is 7.30. The summed E-state index contributed by atoms with van der Waals surface area (Å²) in [6.07, 6.45) is 20.7. The minimum absolute atomic E-state index is 0.146. The van der Waals surface area contributed by atoms with Crippen LogP contribution in [0.4, 0.5) is 0 Å². The molecule has 6 fully saturated rings. The number of β-amino-alcohol motifs (C(OH)–C–C–N with tert-alkyl or cyclic N) is 3. The second kappa shape index (κ2) is 29.1. The highest BCUT2D eigenvalue weighted by Gasteiger charge is 2.37. The quantitative estimate of drug-likeness (QED) is 0.113. The summed E-state index contributed by atoms with van der Waals surface area (Å²) in [5, 5.41) is 29.5. The molecule has 0 radical (unpaired) electrons. The second-order valence-electron chi connectivity index (χ2n) is 21.8. The highest BCUT2D eigenvalue weighted by molar-refractivity contribution is 5.38. The van der Waals surface area contributed by atoms with E-state index in [0.29, 0.717) is 36.4 Å². The van der Waals surface area contributed by atoms with Gasteiger partial charge in [-0.15, -0.1) is 0 Å². The first-order valence-electron chi connectivity index (χ1n) is 28.0. The molecule has 0 bridgehead atoms. The fourth-order valence-corrected chi connectivity index (χ4v) is 12.3. The van der Waals surface area contributed by atoms with E-state index in [1.807, 2.05) is 0 Å². The summed E-state index contributed by atoms with van der Waals surface area (Å²) in [5.74, 6) is 2.86. The van der Waals surface area contributed by atoms with Crippen molar-refractivity contribution >= 4 is 0 Å². The van der Waals surface area contributed by atoms with Crippen molar-refractivity contribution in [2.75, 3.05) is 80.4 Å². The molecule has 72 heavy (non-hydrogen) atoms. The van der Waals surface area contributed by atoms with Crippen LogP contribution >= 0.6 is 0 Å². The van der Waals surface area contributed by atoms with E-state index >= 15 is 0 Å². The second-order valence-corrected chi connectivity index (χ2v) is 21.8. The standard InChI is InChI=1S/3C20H31NO3/c3*1-15-7-8-16(13-20(15)23-2)10-12-24-19-6-4-3-5-18(19)21-11-9-17(22)14-21/h3*7-8,13,17-19,22H,3-6,9-12,14H2,1-2H3/t2*17-,18+,19-;17-,18-,19+/m100/s1. The molecule has 12 heteroatoms. The predicted molar refractivity (Wildman–Crippen MR) is 287 cm³/mol. The fraction of sp³-hybridized carbons (Fsp3) is 0.700. The molecule has 402 valence electrons. The molecule has 6 aliphatic rings. The van der Waals surface area contributed by atoms with Crippen molar-refractivity contribution in [1.29, 1.82) is 0 Å². The van der Waals surface area contributed by atoms with Gasteiger partial charge in [0, 0.05) is 57.4 Å². The van der Waals surface area contributed by atoms with Gasteiger partial charge in [0.05, 0.1) is 77.8 Å². The van der Waals surface area contributed by atoms with Crippen LogP contribution in [0.15, 0.2) is 54.6 Å². The number of hydrogen-bond donors (Lipinski definition) is 3. The molecule has 3 heterocycles. The van der Waals surface area contributed by atoms with Crippen molar-refractivity contribution in [3.63, 3.8) is 0 Å². The van der Waals surface area contributed by atoms with E-state index in [9.17, 15) is 15.3 Å². The molecule has 3 aliphatic heterocycles. The van der Waals surface area contributed by atoms with E-state index in [1.165, 1.54) is 91.2 Å². The summed E-state index contributed by atoms with van der Waals surface area (Å²) in [6.45, 7) is 14.0. The monoisotopic (exact) mass is 1000 g/mol. The first-order chi connectivity index (χ1) is 35.0. The Kier molecular flexibility index (Phi) is 22.8. The number of benzene rings is 3. The van der Waals surface area contributed by atoms with E-state index in [2.05, 4.69) is 90.1 Å². The van der Waals surface area contributed by atoms with Gasteiger partial charge in [-0.2, -0.15) is 0 Å². The summed E-state index contributed by atoms with van der Waals surface area (Å²) in [7, 11) is 5.17. The van der Waals surface area contributed by atoms with Gasteiger partial charge in [-0.05, 0) is 149 Å². The highest BCUT2D eigenvalue weighted by atomic mass is 16.5. The van der Waals surface area contributed by atoms with Crippen LogP contribution in [0.25, 0.3) is 0 Å². The van der Waals surface area contributed by atoms with Crippen LogP contribution in [0.1, 0.15) is 130 Å². The lowest BCUT2D eigenvalue weighted by atomic mass is 9.91. The van der Waals surface area contributed by atoms with Gasteiger partial charge in [-0.3, -0.25) is 14.7 Å². The third kappa shape index (κ3) is 16.6. The Morgan fingerprint density at radius 3 is 0.931 bits per heavy atom. The van der Waals surface area contributed by atoms with E-state index < -0.39 is 0 Å². The molecule has 3 saturated carbocycles. The van der Waals surface area contributed by atoms with Gasteiger partial charge in [0.15, 0.2) is 0 Å². The molecule has 12 nitrogen and oxygen atoms in total. The summed E-state index contributed by atoms with van der Waals surface area (Å²) in [6, 6.07) is 20.7. The van der Waals surface area contributed by atoms with Gasteiger partial charge >= 0.3 is 0 Å².